The van der Waals surface area contributed by atoms with E-state index in [1.165, 1.54) is 0 Å². The van der Waals surface area contributed by atoms with Crippen molar-refractivity contribution in [2.75, 3.05) is 56.9 Å². The lowest BCUT2D eigenvalue weighted by atomic mass is 10.4. The standard InChI is InChI=1S/4C13H26O4Si3/c4*1-14-18(3,4)16-19(5,6)17-20(7,15-2)13-11-9-8-10-12-13/h4*8-12H,1-7H3. The molecule has 0 heterocycles. The van der Waals surface area contributed by atoms with Gasteiger partial charge in [-0.3, -0.25) is 0 Å². The van der Waals surface area contributed by atoms with Crippen molar-refractivity contribution in [3.05, 3.63) is 121 Å². The summed E-state index contributed by atoms with van der Waals surface area (Å²) in [5.74, 6) is 0. The third-order valence-electron chi connectivity index (χ3n) is 12.4. The van der Waals surface area contributed by atoms with Gasteiger partial charge in [-0.15, -0.1) is 0 Å². The van der Waals surface area contributed by atoms with Gasteiger partial charge in [0, 0.05) is 56.9 Å². The largest absolute Gasteiger partial charge is 0.415 e. The molecule has 80 heavy (non-hydrogen) atoms. The first kappa shape index (κ1) is 76.9. The smallest absolute Gasteiger partial charge is 0.360 e. The van der Waals surface area contributed by atoms with Gasteiger partial charge < -0.3 is 68.3 Å². The average Bonchev–Trinajstić information content (AvgIpc) is 3.38. The van der Waals surface area contributed by atoms with Crippen molar-refractivity contribution in [2.24, 2.45) is 0 Å². The van der Waals surface area contributed by atoms with Gasteiger partial charge in [0.05, 0.1) is 0 Å². The van der Waals surface area contributed by atoms with Crippen LogP contribution in [0.5, 0.6) is 0 Å². The second kappa shape index (κ2) is 32.5. The zero-order valence-electron chi connectivity index (χ0n) is 54.1. The van der Waals surface area contributed by atoms with Gasteiger partial charge in [-0.25, -0.2) is 0 Å². The molecule has 4 aromatic rings. The van der Waals surface area contributed by atoms with Gasteiger partial charge in [-0.05, 0) is 152 Å². The van der Waals surface area contributed by atoms with Gasteiger partial charge in [0.25, 0.3) is 0 Å². The van der Waals surface area contributed by atoms with Crippen LogP contribution in [0.25, 0.3) is 0 Å². The van der Waals surface area contributed by atoms with Gasteiger partial charge in [0.1, 0.15) is 0 Å². The fraction of sp³-hybridized carbons (Fsp3) is 0.538. The minimum Gasteiger partial charge on any atom is -0.415 e. The fourth-order valence-electron chi connectivity index (χ4n) is 8.33. The lowest BCUT2D eigenvalue weighted by molar-refractivity contribution is 0.250. The summed E-state index contributed by atoms with van der Waals surface area (Å²) in [6, 6.07) is 40.5. The molecule has 28 heteroatoms. The summed E-state index contributed by atoms with van der Waals surface area (Å²) in [4.78, 5) is 0. The molecular weight excluding hydrogens is 1220 g/mol. The van der Waals surface area contributed by atoms with E-state index in [0.29, 0.717) is 0 Å². The van der Waals surface area contributed by atoms with E-state index in [4.69, 9.17) is 68.3 Å². The quantitative estimate of drug-likeness (QED) is 0.0496. The van der Waals surface area contributed by atoms with Crippen molar-refractivity contribution in [2.45, 2.75) is 131 Å². The minimum absolute atomic E-state index is 1.11. The molecule has 0 bridgehead atoms. The van der Waals surface area contributed by atoms with Crippen molar-refractivity contribution in [1.29, 1.82) is 0 Å². The molecule has 456 valence electrons. The number of benzene rings is 4. The van der Waals surface area contributed by atoms with Crippen LogP contribution < -0.4 is 20.7 Å². The Labute approximate surface area is 497 Å². The zero-order valence-corrected chi connectivity index (χ0v) is 66.1. The summed E-state index contributed by atoms with van der Waals surface area (Å²) in [6.07, 6.45) is 0. The Morgan fingerprint density at radius 2 is 0.312 bits per heavy atom. The molecule has 0 aliphatic heterocycles. The van der Waals surface area contributed by atoms with E-state index >= 15 is 0 Å². The molecule has 4 aromatic carbocycles. The molecule has 0 spiro atoms. The lowest BCUT2D eigenvalue weighted by Gasteiger charge is -2.38. The van der Waals surface area contributed by atoms with E-state index in [2.05, 4.69) is 74.7 Å². The van der Waals surface area contributed by atoms with Crippen LogP contribution in [0.2, 0.25) is 131 Å². The molecule has 0 fully saturated rings. The molecule has 0 saturated heterocycles. The van der Waals surface area contributed by atoms with E-state index in [1.807, 2.05) is 178 Å². The molecule has 4 atom stereocenters. The number of hydrogen-bond acceptors (Lipinski definition) is 16. The maximum absolute atomic E-state index is 6.39. The highest BCUT2D eigenvalue weighted by molar-refractivity contribution is 6.92. The average molecular weight is 1320 g/mol. The van der Waals surface area contributed by atoms with Crippen molar-refractivity contribution >= 4 is 123 Å². The monoisotopic (exact) mass is 1320 g/mol. The molecule has 0 N–H and O–H groups in total. The van der Waals surface area contributed by atoms with Crippen LogP contribution in [0, 0.1) is 0 Å². The molecular formula is C52H104O16Si12. The van der Waals surface area contributed by atoms with Crippen molar-refractivity contribution in [1.82, 2.24) is 0 Å². The second-order valence-corrected chi connectivity index (χ2v) is 65.0. The molecule has 0 aliphatic rings. The van der Waals surface area contributed by atoms with Crippen LogP contribution >= 0.6 is 0 Å². The Morgan fingerprint density at radius 1 is 0.175 bits per heavy atom. The van der Waals surface area contributed by atoms with Gasteiger partial charge in [-0.1, -0.05) is 121 Å². The summed E-state index contributed by atoms with van der Waals surface area (Å²) in [7, 11) is -13.9. The topological polar surface area (TPSA) is 148 Å². The molecule has 0 aromatic heterocycles. The van der Waals surface area contributed by atoms with Gasteiger partial charge in [-0.2, -0.15) is 0 Å². The molecule has 0 aliphatic carbocycles. The Bertz CT molecular complexity index is 2030. The highest BCUT2D eigenvalue weighted by atomic mass is 28.5. The Hall–Kier alpha value is -1.16. The normalized spacial score (nSPS) is 15.9. The Balaban J connectivity index is 0.000000533. The van der Waals surface area contributed by atoms with Crippen LogP contribution in [0.1, 0.15) is 0 Å². The molecule has 4 rings (SSSR count). The Kier molecular flexibility index (Phi) is 31.3. The zero-order chi connectivity index (χ0) is 61.8. The molecule has 0 amide bonds. The molecule has 0 radical (unpaired) electrons. The van der Waals surface area contributed by atoms with Crippen molar-refractivity contribution in [3.8, 4) is 0 Å². The van der Waals surface area contributed by atoms with Crippen LogP contribution in [0.15, 0.2) is 121 Å². The van der Waals surface area contributed by atoms with Crippen LogP contribution in [-0.4, -0.2) is 160 Å². The van der Waals surface area contributed by atoms with Crippen molar-refractivity contribution in [3.63, 3.8) is 0 Å². The summed E-state index contributed by atoms with van der Waals surface area (Å²) in [5.41, 5.74) is 0. The minimum atomic E-state index is -2.44. The van der Waals surface area contributed by atoms with Gasteiger partial charge in [0.15, 0.2) is 0 Å². The second-order valence-electron chi connectivity index (χ2n) is 22.9. The van der Waals surface area contributed by atoms with E-state index < -0.39 is 103 Å². The first-order chi connectivity index (χ1) is 36.6. The predicted octanol–water partition coefficient (Wildman–Crippen LogP) is 10.8. The van der Waals surface area contributed by atoms with Crippen LogP contribution in [-0.2, 0) is 68.3 Å². The molecule has 4 unspecified atom stereocenters. The first-order valence-electron chi connectivity index (χ1n) is 26.8. The third kappa shape index (κ3) is 27.5. The first-order valence-corrected chi connectivity index (χ1v) is 58.6. The number of hydrogen-bond donors (Lipinski definition) is 0. The van der Waals surface area contributed by atoms with Crippen LogP contribution in [0.4, 0.5) is 0 Å². The van der Waals surface area contributed by atoms with Crippen LogP contribution in [0.3, 0.4) is 0 Å². The number of rotatable bonds is 28. The third-order valence-corrected chi connectivity index (χ3v) is 54.9. The SMILES string of the molecule is CO[Si](C)(C)O[Si](C)(C)O[Si](C)(OC)c1ccccc1.CO[Si](C)(C)O[Si](C)(C)O[Si](C)(OC)c1ccccc1.CO[Si](C)(C)O[Si](C)(C)O[Si](C)(OC)c1ccccc1.CO[Si](C)(C)O[Si](C)(C)O[Si](C)(OC)c1ccccc1. The maximum Gasteiger partial charge on any atom is 0.360 e. The van der Waals surface area contributed by atoms with E-state index in [1.54, 1.807) is 56.9 Å². The van der Waals surface area contributed by atoms with E-state index in [0.717, 1.165) is 20.7 Å². The fourth-order valence-corrected chi connectivity index (χ4v) is 53.1. The van der Waals surface area contributed by atoms with E-state index in [-0.39, 0.29) is 0 Å². The predicted molar refractivity (Wildman–Crippen MR) is 355 cm³/mol. The summed E-state index contributed by atoms with van der Waals surface area (Å²) in [6.45, 7) is 40.8. The molecule has 16 nitrogen and oxygen atoms in total. The molecule has 0 saturated carbocycles. The highest BCUT2D eigenvalue weighted by Crippen LogP contribution is 2.25. The van der Waals surface area contributed by atoms with Gasteiger partial charge >= 0.3 is 103 Å². The highest BCUT2D eigenvalue weighted by Gasteiger charge is 2.48. The summed E-state index contributed by atoms with van der Waals surface area (Å²) >= 11 is 0. The maximum atomic E-state index is 6.39. The summed E-state index contributed by atoms with van der Waals surface area (Å²) < 4.78 is 95.2. The summed E-state index contributed by atoms with van der Waals surface area (Å²) in [5, 5.41) is 4.46. The Morgan fingerprint density at radius 3 is 0.425 bits per heavy atom. The van der Waals surface area contributed by atoms with E-state index in [9.17, 15) is 0 Å². The van der Waals surface area contributed by atoms with Gasteiger partial charge in [0.2, 0.25) is 0 Å². The lowest BCUT2D eigenvalue weighted by Crippen LogP contribution is -2.60. The van der Waals surface area contributed by atoms with Crippen molar-refractivity contribution < 1.29 is 68.3 Å².